The van der Waals surface area contributed by atoms with E-state index in [0.29, 0.717) is 13.1 Å². The number of carbonyl (C=O) groups is 1. The highest BCUT2D eigenvalue weighted by molar-refractivity contribution is 6.33. The average molecular weight is 299 g/mol. The van der Waals surface area contributed by atoms with Crippen molar-refractivity contribution in [1.29, 1.82) is 0 Å². The van der Waals surface area contributed by atoms with Crippen LogP contribution in [0.25, 0.3) is 0 Å². The molecule has 1 heterocycles. The first-order valence-corrected chi connectivity index (χ1v) is 6.65. The fourth-order valence-electron chi connectivity index (χ4n) is 2.30. The Morgan fingerprint density at radius 3 is 2.55 bits per heavy atom. The Labute approximate surface area is 121 Å². The van der Waals surface area contributed by atoms with Crippen molar-refractivity contribution in [2.75, 3.05) is 13.1 Å². The standard InChI is InChI=1S/C13H15ClN2O4/c1-8-6-15(7-9(2)20-8)13(17)11-5-10(16(18)19)3-4-12(11)14/h3-5,8-9H,6-7H2,1-2H3/t8-,9+. The lowest BCUT2D eigenvalue weighted by Gasteiger charge is -2.35. The molecule has 2 rings (SSSR count). The molecule has 0 spiro atoms. The van der Waals surface area contributed by atoms with Gasteiger partial charge in [-0.3, -0.25) is 14.9 Å². The summed E-state index contributed by atoms with van der Waals surface area (Å²) in [6.07, 6.45) is -0.139. The summed E-state index contributed by atoms with van der Waals surface area (Å²) >= 11 is 5.99. The van der Waals surface area contributed by atoms with Crippen LogP contribution in [-0.2, 0) is 4.74 Å². The molecule has 7 heteroatoms. The molecule has 0 radical (unpaired) electrons. The maximum Gasteiger partial charge on any atom is 0.270 e. The topological polar surface area (TPSA) is 72.7 Å². The maximum atomic E-state index is 12.4. The molecule has 1 amide bonds. The predicted octanol–water partition coefficient (Wildman–Crippen LogP) is 2.50. The monoisotopic (exact) mass is 298 g/mol. The summed E-state index contributed by atoms with van der Waals surface area (Å²) in [5, 5.41) is 11.0. The van der Waals surface area contributed by atoms with Gasteiger partial charge in [0, 0.05) is 25.2 Å². The van der Waals surface area contributed by atoms with Gasteiger partial charge in [-0.05, 0) is 19.9 Å². The Balaban J connectivity index is 2.28. The van der Waals surface area contributed by atoms with E-state index in [1.807, 2.05) is 13.8 Å². The maximum absolute atomic E-state index is 12.4. The van der Waals surface area contributed by atoms with Crippen LogP contribution in [0, 0.1) is 10.1 Å². The Hall–Kier alpha value is -1.66. The molecule has 1 fully saturated rings. The van der Waals surface area contributed by atoms with Crippen LogP contribution in [-0.4, -0.2) is 41.0 Å². The Bertz CT molecular complexity index is 539. The number of nitro benzene ring substituents is 1. The van der Waals surface area contributed by atoms with Gasteiger partial charge in [0.25, 0.3) is 11.6 Å². The summed E-state index contributed by atoms with van der Waals surface area (Å²) in [4.78, 5) is 24.3. The molecule has 0 bridgehead atoms. The van der Waals surface area contributed by atoms with Crippen LogP contribution in [0.2, 0.25) is 5.02 Å². The number of halogens is 1. The second-order valence-corrected chi connectivity index (χ2v) is 5.30. The van der Waals surface area contributed by atoms with Gasteiger partial charge in [0.2, 0.25) is 0 Å². The third kappa shape index (κ3) is 3.08. The highest BCUT2D eigenvalue weighted by Gasteiger charge is 2.28. The fourth-order valence-corrected chi connectivity index (χ4v) is 2.50. The summed E-state index contributed by atoms with van der Waals surface area (Å²) in [6.45, 7) is 4.65. The van der Waals surface area contributed by atoms with Crippen molar-refractivity contribution in [3.63, 3.8) is 0 Å². The molecule has 1 aromatic rings. The molecule has 0 unspecified atom stereocenters. The van der Waals surface area contributed by atoms with E-state index >= 15 is 0 Å². The van der Waals surface area contributed by atoms with E-state index in [9.17, 15) is 14.9 Å². The van der Waals surface area contributed by atoms with Crippen LogP contribution in [0.15, 0.2) is 18.2 Å². The van der Waals surface area contributed by atoms with Crippen molar-refractivity contribution in [1.82, 2.24) is 4.90 Å². The molecule has 6 nitrogen and oxygen atoms in total. The number of non-ortho nitro benzene ring substituents is 1. The fraction of sp³-hybridized carbons (Fsp3) is 0.462. The number of benzene rings is 1. The lowest BCUT2D eigenvalue weighted by Crippen LogP contribution is -2.48. The van der Waals surface area contributed by atoms with E-state index < -0.39 is 4.92 Å². The number of rotatable bonds is 2. The Morgan fingerprint density at radius 2 is 2.00 bits per heavy atom. The Morgan fingerprint density at radius 1 is 1.40 bits per heavy atom. The van der Waals surface area contributed by atoms with Gasteiger partial charge in [-0.25, -0.2) is 0 Å². The van der Waals surface area contributed by atoms with E-state index in [0.717, 1.165) is 0 Å². The zero-order valence-electron chi connectivity index (χ0n) is 11.2. The molecule has 0 saturated carbocycles. The van der Waals surface area contributed by atoms with Crippen molar-refractivity contribution in [3.8, 4) is 0 Å². The lowest BCUT2D eigenvalue weighted by atomic mass is 10.1. The molecule has 0 aliphatic carbocycles. The quantitative estimate of drug-likeness (QED) is 0.621. The van der Waals surface area contributed by atoms with Crippen LogP contribution in [0.5, 0.6) is 0 Å². The minimum Gasteiger partial charge on any atom is -0.372 e. The van der Waals surface area contributed by atoms with Crippen molar-refractivity contribution in [2.24, 2.45) is 0 Å². The second kappa shape index (κ2) is 5.76. The van der Waals surface area contributed by atoms with Gasteiger partial charge < -0.3 is 9.64 Å². The molecule has 0 aromatic heterocycles. The summed E-state index contributed by atoms with van der Waals surface area (Å²) < 4.78 is 5.56. The Kier molecular flexibility index (Phi) is 4.25. The first-order chi connectivity index (χ1) is 9.38. The highest BCUT2D eigenvalue weighted by atomic mass is 35.5. The first kappa shape index (κ1) is 14.7. The van der Waals surface area contributed by atoms with Crippen molar-refractivity contribution < 1.29 is 14.5 Å². The van der Waals surface area contributed by atoms with Crippen molar-refractivity contribution in [3.05, 3.63) is 38.9 Å². The summed E-state index contributed by atoms with van der Waals surface area (Å²) in [5.74, 6) is -0.305. The largest absolute Gasteiger partial charge is 0.372 e. The van der Waals surface area contributed by atoms with Crippen LogP contribution in [0.3, 0.4) is 0 Å². The predicted molar refractivity (Wildman–Crippen MR) is 74.0 cm³/mol. The summed E-state index contributed by atoms with van der Waals surface area (Å²) in [5.41, 5.74) is 0.00859. The van der Waals surface area contributed by atoms with E-state index in [4.69, 9.17) is 16.3 Å². The van der Waals surface area contributed by atoms with Crippen LogP contribution >= 0.6 is 11.6 Å². The van der Waals surface area contributed by atoms with Gasteiger partial charge in [-0.1, -0.05) is 11.6 Å². The molecule has 1 aliphatic heterocycles. The zero-order valence-corrected chi connectivity index (χ0v) is 12.0. The molecule has 2 atom stereocenters. The number of ether oxygens (including phenoxy) is 1. The molecular formula is C13H15ClN2O4. The zero-order chi connectivity index (χ0) is 14.9. The van der Waals surface area contributed by atoms with Gasteiger partial charge in [-0.15, -0.1) is 0 Å². The summed E-state index contributed by atoms with van der Waals surface area (Å²) in [7, 11) is 0. The number of carbonyl (C=O) groups excluding carboxylic acids is 1. The van der Waals surface area contributed by atoms with Crippen LogP contribution in [0.1, 0.15) is 24.2 Å². The number of amides is 1. The molecule has 108 valence electrons. The normalized spacial score (nSPS) is 22.6. The SMILES string of the molecule is C[C@@H]1CN(C(=O)c2cc([N+](=O)[O-])ccc2Cl)C[C@H](C)O1. The van der Waals surface area contributed by atoms with Crippen molar-refractivity contribution in [2.45, 2.75) is 26.1 Å². The number of hydrogen-bond donors (Lipinski definition) is 0. The van der Waals surface area contributed by atoms with Gasteiger partial charge in [0.15, 0.2) is 0 Å². The van der Waals surface area contributed by atoms with Crippen LogP contribution in [0.4, 0.5) is 5.69 Å². The molecule has 1 aromatic carbocycles. The van der Waals surface area contributed by atoms with E-state index in [-0.39, 0.29) is 34.4 Å². The first-order valence-electron chi connectivity index (χ1n) is 6.27. The molecule has 1 saturated heterocycles. The van der Waals surface area contributed by atoms with Crippen molar-refractivity contribution >= 4 is 23.2 Å². The third-order valence-electron chi connectivity index (χ3n) is 3.10. The third-order valence-corrected chi connectivity index (χ3v) is 3.43. The average Bonchev–Trinajstić information content (AvgIpc) is 2.37. The van der Waals surface area contributed by atoms with E-state index in [2.05, 4.69) is 0 Å². The van der Waals surface area contributed by atoms with Gasteiger partial charge in [0.1, 0.15) is 0 Å². The van der Waals surface area contributed by atoms with Gasteiger partial charge in [-0.2, -0.15) is 0 Å². The smallest absolute Gasteiger partial charge is 0.270 e. The van der Waals surface area contributed by atoms with E-state index in [1.54, 1.807) is 4.90 Å². The summed E-state index contributed by atoms with van der Waals surface area (Å²) in [6, 6.07) is 3.87. The van der Waals surface area contributed by atoms with Gasteiger partial charge in [0.05, 0.1) is 27.7 Å². The number of hydrogen-bond acceptors (Lipinski definition) is 4. The molecular weight excluding hydrogens is 284 g/mol. The second-order valence-electron chi connectivity index (χ2n) is 4.89. The van der Waals surface area contributed by atoms with E-state index in [1.165, 1.54) is 18.2 Å². The molecule has 20 heavy (non-hydrogen) atoms. The number of nitrogens with zero attached hydrogens (tertiary/aromatic N) is 2. The number of nitro groups is 1. The highest BCUT2D eigenvalue weighted by Crippen LogP contribution is 2.24. The van der Waals surface area contributed by atoms with Crippen LogP contribution < -0.4 is 0 Å². The molecule has 0 N–H and O–H groups in total. The minimum absolute atomic E-state index is 0.0693. The lowest BCUT2D eigenvalue weighted by molar-refractivity contribution is -0.384. The number of morpholine rings is 1. The molecule has 1 aliphatic rings. The minimum atomic E-state index is -0.544. The van der Waals surface area contributed by atoms with Gasteiger partial charge >= 0.3 is 0 Å².